The zero-order chi connectivity index (χ0) is 14.6. The van der Waals surface area contributed by atoms with Crippen molar-refractivity contribution in [3.05, 3.63) is 41.6 Å². The number of nitrogens with zero attached hydrogens (tertiary/aromatic N) is 1. The molecule has 2 atom stereocenters. The lowest BCUT2D eigenvalue weighted by atomic mass is 9.80. The molecule has 4 N–H and O–H groups in total. The maximum atomic E-state index is 11.9. The van der Waals surface area contributed by atoms with Crippen LogP contribution in [0.2, 0.25) is 0 Å². The van der Waals surface area contributed by atoms with Crippen LogP contribution in [-0.2, 0) is 11.2 Å². The van der Waals surface area contributed by atoms with Crippen molar-refractivity contribution in [3.63, 3.8) is 0 Å². The molecule has 1 aromatic heterocycles. The van der Waals surface area contributed by atoms with E-state index in [-0.39, 0.29) is 11.8 Å². The van der Waals surface area contributed by atoms with E-state index in [0.717, 1.165) is 11.9 Å². The Balaban J connectivity index is 1.91. The molecule has 108 valence electrons. The largest absolute Gasteiger partial charge is 0.361 e. The minimum atomic E-state index is -0.193. The van der Waals surface area contributed by atoms with Crippen molar-refractivity contribution in [2.45, 2.75) is 12.5 Å². The van der Waals surface area contributed by atoms with Gasteiger partial charge in [0.1, 0.15) is 0 Å². The molecule has 1 amide bonds. The molecule has 1 aliphatic heterocycles. The molecule has 0 fully saturated rings. The van der Waals surface area contributed by atoms with Gasteiger partial charge in [-0.25, -0.2) is 5.84 Å². The fourth-order valence-electron chi connectivity index (χ4n) is 3.72. The number of nitrogens with two attached hydrogens (primary N) is 1. The third kappa shape index (κ3) is 1.74. The summed E-state index contributed by atoms with van der Waals surface area (Å²) in [4.78, 5) is 17.5. The molecule has 0 spiro atoms. The van der Waals surface area contributed by atoms with Crippen molar-refractivity contribution >= 4 is 22.4 Å². The van der Waals surface area contributed by atoms with Gasteiger partial charge in [-0.1, -0.05) is 18.2 Å². The Labute approximate surface area is 122 Å². The zero-order valence-corrected chi connectivity index (χ0v) is 11.9. The van der Waals surface area contributed by atoms with Crippen LogP contribution in [0.4, 0.5) is 0 Å². The van der Waals surface area contributed by atoms with E-state index in [4.69, 9.17) is 5.84 Å². The highest BCUT2D eigenvalue weighted by molar-refractivity contribution is 5.99. The van der Waals surface area contributed by atoms with Crippen molar-refractivity contribution in [1.82, 2.24) is 15.3 Å². The Bertz CT molecular complexity index is 761. The van der Waals surface area contributed by atoms with Crippen molar-refractivity contribution in [3.8, 4) is 0 Å². The Morgan fingerprint density at radius 1 is 1.48 bits per heavy atom. The number of nitrogens with one attached hydrogen (secondary N) is 2. The number of likely N-dealkylation sites (N-methyl/N-ethyl adjacent to an activating group) is 1. The standard InChI is InChI=1S/C16H18N4O/c1-20-8-10(16(21)19-17)5-12-11-3-2-4-13-15(11)9(7-18-13)6-14(12)20/h2-5,7,10,14,18H,6,8,17H2,1H3,(H,19,21)/t10?,14-/m1/s1. The molecule has 5 nitrogen and oxygen atoms in total. The van der Waals surface area contributed by atoms with Gasteiger partial charge in [0.15, 0.2) is 0 Å². The van der Waals surface area contributed by atoms with E-state index in [1.165, 1.54) is 22.1 Å². The molecule has 2 aliphatic rings. The Kier molecular flexibility index (Phi) is 2.67. The van der Waals surface area contributed by atoms with E-state index in [1.807, 2.05) is 0 Å². The monoisotopic (exact) mass is 282 g/mol. The molecular formula is C16H18N4O. The van der Waals surface area contributed by atoms with Gasteiger partial charge in [-0.3, -0.25) is 15.1 Å². The molecule has 4 rings (SSSR count). The third-order valence-corrected chi connectivity index (χ3v) is 4.75. The second-order valence-corrected chi connectivity index (χ2v) is 5.94. The molecular weight excluding hydrogens is 264 g/mol. The molecule has 1 aromatic carbocycles. The molecule has 5 heteroatoms. The molecule has 1 aliphatic carbocycles. The topological polar surface area (TPSA) is 74.2 Å². The van der Waals surface area contributed by atoms with Gasteiger partial charge in [-0.05, 0) is 36.2 Å². The quantitative estimate of drug-likeness (QED) is 0.415. The second kappa shape index (κ2) is 4.44. The molecule has 0 saturated carbocycles. The van der Waals surface area contributed by atoms with Gasteiger partial charge in [0, 0.05) is 29.7 Å². The van der Waals surface area contributed by atoms with Crippen LogP contribution < -0.4 is 11.3 Å². The molecule has 2 aromatic rings. The van der Waals surface area contributed by atoms with Gasteiger partial charge >= 0.3 is 0 Å². The summed E-state index contributed by atoms with van der Waals surface area (Å²) in [7, 11) is 2.08. The number of hydrogen-bond acceptors (Lipinski definition) is 3. The van der Waals surface area contributed by atoms with Crippen LogP contribution in [0.3, 0.4) is 0 Å². The third-order valence-electron chi connectivity index (χ3n) is 4.75. The molecule has 0 radical (unpaired) electrons. The maximum Gasteiger partial charge on any atom is 0.242 e. The zero-order valence-electron chi connectivity index (χ0n) is 11.9. The van der Waals surface area contributed by atoms with Crippen LogP contribution in [0.25, 0.3) is 16.5 Å². The van der Waals surface area contributed by atoms with Gasteiger partial charge in [0.05, 0.1) is 5.92 Å². The van der Waals surface area contributed by atoms with Crippen LogP contribution in [0.15, 0.2) is 30.5 Å². The van der Waals surface area contributed by atoms with Gasteiger partial charge < -0.3 is 4.98 Å². The van der Waals surface area contributed by atoms with E-state index in [9.17, 15) is 4.79 Å². The summed E-state index contributed by atoms with van der Waals surface area (Å²) in [6.45, 7) is 0.701. The number of carbonyl (C=O) groups excluding carboxylic acids is 1. The highest BCUT2D eigenvalue weighted by Gasteiger charge is 2.35. The van der Waals surface area contributed by atoms with Crippen molar-refractivity contribution in [1.29, 1.82) is 0 Å². The van der Waals surface area contributed by atoms with Crippen molar-refractivity contribution in [2.24, 2.45) is 11.8 Å². The number of rotatable bonds is 1. The number of benzene rings is 1. The average molecular weight is 282 g/mol. The first-order chi connectivity index (χ1) is 10.2. The number of carbonyl (C=O) groups is 1. The first-order valence-electron chi connectivity index (χ1n) is 7.21. The smallest absolute Gasteiger partial charge is 0.242 e. The van der Waals surface area contributed by atoms with E-state index in [1.54, 1.807) is 0 Å². The fourth-order valence-corrected chi connectivity index (χ4v) is 3.72. The van der Waals surface area contributed by atoms with E-state index < -0.39 is 0 Å². The van der Waals surface area contributed by atoms with Gasteiger partial charge in [0.2, 0.25) is 5.91 Å². The summed E-state index contributed by atoms with van der Waals surface area (Å²) < 4.78 is 0. The SMILES string of the molecule is CN1CC(C(=O)NN)C=C2c3cccc4[nH]cc(c34)C[C@H]21. The highest BCUT2D eigenvalue weighted by Crippen LogP contribution is 2.40. The lowest BCUT2D eigenvalue weighted by Crippen LogP contribution is -2.47. The summed E-state index contributed by atoms with van der Waals surface area (Å²) in [5.41, 5.74) is 7.28. The Morgan fingerprint density at radius 3 is 3.14 bits per heavy atom. The summed E-state index contributed by atoms with van der Waals surface area (Å²) >= 11 is 0. The van der Waals surface area contributed by atoms with Crippen LogP contribution in [-0.4, -0.2) is 35.4 Å². The van der Waals surface area contributed by atoms with Crippen molar-refractivity contribution < 1.29 is 4.79 Å². The lowest BCUT2D eigenvalue weighted by molar-refractivity contribution is -0.124. The Hall–Kier alpha value is -2.11. The van der Waals surface area contributed by atoms with E-state index in [0.29, 0.717) is 12.6 Å². The van der Waals surface area contributed by atoms with Crippen LogP contribution >= 0.6 is 0 Å². The highest BCUT2D eigenvalue weighted by atomic mass is 16.2. The van der Waals surface area contributed by atoms with Crippen LogP contribution in [0.5, 0.6) is 0 Å². The van der Waals surface area contributed by atoms with Gasteiger partial charge in [0.25, 0.3) is 0 Å². The van der Waals surface area contributed by atoms with Gasteiger partial charge in [-0.15, -0.1) is 0 Å². The maximum absolute atomic E-state index is 11.9. The second-order valence-electron chi connectivity index (χ2n) is 5.94. The molecule has 0 saturated heterocycles. The summed E-state index contributed by atoms with van der Waals surface area (Å²) in [5.74, 6) is 4.98. The number of hydrazine groups is 1. The average Bonchev–Trinajstić information content (AvgIpc) is 2.92. The normalized spacial score (nSPS) is 24.6. The minimum absolute atomic E-state index is 0.125. The summed E-state index contributed by atoms with van der Waals surface area (Å²) in [6, 6.07) is 6.64. The fraction of sp³-hybridized carbons (Fsp3) is 0.312. The number of aromatic amines is 1. The van der Waals surface area contributed by atoms with Crippen LogP contribution in [0.1, 0.15) is 11.1 Å². The molecule has 21 heavy (non-hydrogen) atoms. The predicted molar refractivity (Wildman–Crippen MR) is 82.2 cm³/mol. The number of hydrogen-bond donors (Lipinski definition) is 3. The Morgan fingerprint density at radius 2 is 2.33 bits per heavy atom. The van der Waals surface area contributed by atoms with E-state index >= 15 is 0 Å². The molecule has 1 unspecified atom stereocenters. The number of amides is 1. The van der Waals surface area contributed by atoms with Crippen molar-refractivity contribution in [2.75, 3.05) is 13.6 Å². The number of fused-ring (bicyclic) bond motifs is 2. The first-order valence-corrected chi connectivity index (χ1v) is 7.21. The van der Waals surface area contributed by atoms with Crippen LogP contribution in [0, 0.1) is 5.92 Å². The minimum Gasteiger partial charge on any atom is -0.361 e. The summed E-state index contributed by atoms with van der Waals surface area (Å²) in [5, 5.41) is 1.29. The number of H-pyrrole nitrogens is 1. The first kappa shape index (κ1) is 12.6. The van der Waals surface area contributed by atoms with E-state index in [2.05, 4.69) is 52.8 Å². The predicted octanol–water partition coefficient (Wildman–Crippen LogP) is 1.03. The number of aromatic nitrogens is 1. The lowest BCUT2D eigenvalue weighted by Gasteiger charge is -2.39. The summed E-state index contributed by atoms with van der Waals surface area (Å²) in [6.07, 6.45) is 5.19. The molecule has 0 bridgehead atoms. The molecule has 2 heterocycles. The van der Waals surface area contributed by atoms with Gasteiger partial charge in [-0.2, -0.15) is 0 Å².